The Bertz CT molecular complexity index is 854. The van der Waals surface area contributed by atoms with E-state index in [0.29, 0.717) is 11.6 Å². The molecule has 2 amide bonds. The molecule has 0 heterocycles. The Morgan fingerprint density at radius 3 is 2.61 bits per heavy atom. The lowest BCUT2D eigenvalue weighted by atomic mass is 10.1. The van der Waals surface area contributed by atoms with E-state index in [0.717, 1.165) is 22.1 Å². The van der Waals surface area contributed by atoms with Crippen molar-refractivity contribution in [2.24, 2.45) is 0 Å². The molecule has 0 aromatic heterocycles. The molecule has 0 unspecified atom stereocenters. The van der Waals surface area contributed by atoms with Crippen LogP contribution in [0.1, 0.15) is 20.3 Å². The number of nitrogens with one attached hydrogen (secondary N) is 2. The van der Waals surface area contributed by atoms with E-state index in [4.69, 9.17) is 16.3 Å². The fraction of sp³-hybridized carbons (Fsp3) is 0.350. The van der Waals surface area contributed by atoms with Crippen molar-refractivity contribution in [3.8, 4) is 0 Å². The maximum absolute atomic E-state index is 12.0. The quantitative estimate of drug-likeness (QED) is 0.479. The highest BCUT2D eigenvalue weighted by molar-refractivity contribution is 8.00. The zero-order valence-corrected chi connectivity index (χ0v) is 17.4. The third-order valence-corrected chi connectivity index (χ3v) is 5.19. The van der Waals surface area contributed by atoms with Crippen molar-refractivity contribution in [3.05, 3.63) is 41.4 Å². The molecular weight excluding hydrogens is 400 g/mol. The number of thioether (sulfide) groups is 1. The van der Waals surface area contributed by atoms with Crippen molar-refractivity contribution >= 4 is 51.9 Å². The predicted octanol–water partition coefficient (Wildman–Crippen LogP) is 3.16. The molecule has 6 nitrogen and oxygen atoms in total. The molecule has 2 aromatic rings. The van der Waals surface area contributed by atoms with Crippen molar-refractivity contribution in [3.63, 3.8) is 0 Å². The normalized spacial score (nSPS) is 11.7. The minimum absolute atomic E-state index is 0.0458. The fourth-order valence-electron chi connectivity index (χ4n) is 2.46. The van der Waals surface area contributed by atoms with Crippen LogP contribution < -0.4 is 10.6 Å². The molecular formula is C20H23ClN2O4S. The molecule has 0 aliphatic carbocycles. The van der Waals surface area contributed by atoms with Gasteiger partial charge in [-0.25, -0.2) is 0 Å². The summed E-state index contributed by atoms with van der Waals surface area (Å²) in [6.45, 7) is 3.63. The number of fused-ring (bicyclic) bond motifs is 1. The number of carbonyl (C=O) groups is 3. The molecule has 0 radical (unpaired) electrons. The zero-order valence-electron chi connectivity index (χ0n) is 15.8. The van der Waals surface area contributed by atoms with Crippen LogP contribution in [0.2, 0.25) is 5.02 Å². The summed E-state index contributed by atoms with van der Waals surface area (Å²) in [4.78, 5) is 36.4. The van der Waals surface area contributed by atoms with Crippen LogP contribution in [0.25, 0.3) is 10.8 Å². The van der Waals surface area contributed by atoms with Crippen LogP contribution in [0.4, 0.5) is 0 Å². The first-order chi connectivity index (χ1) is 13.4. The molecule has 150 valence electrons. The second-order valence-corrected chi connectivity index (χ2v) is 7.55. The second kappa shape index (κ2) is 10.9. The average molecular weight is 423 g/mol. The SMILES string of the molecule is CCCNC(=O)[C@@H](C)NC(=O)COC(=O)CSc1cccc2cccc(Cl)c12. The van der Waals surface area contributed by atoms with Gasteiger partial charge in [0.2, 0.25) is 5.91 Å². The molecule has 1 atom stereocenters. The average Bonchev–Trinajstić information content (AvgIpc) is 2.68. The van der Waals surface area contributed by atoms with Crippen LogP contribution in [0.15, 0.2) is 41.3 Å². The summed E-state index contributed by atoms with van der Waals surface area (Å²) in [5.41, 5.74) is 0. The van der Waals surface area contributed by atoms with Crippen LogP contribution in [-0.2, 0) is 19.1 Å². The number of amides is 2. The summed E-state index contributed by atoms with van der Waals surface area (Å²) in [5.74, 6) is -1.27. The number of halogens is 1. The van der Waals surface area contributed by atoms with Crippen LogP contribution >= 0.6 is 23.4 Å². The Labute approximate surface area is 173 Å². The summed E-state index contributed by atoms with van der Waals surface area (Å²) >= 11 is 7.57. The Hall–Kier alpha value is -2.25. The Kier molecular flexibility index (Phi) is 8.60. The monoisotopic (exact) mass is 422 g/mol. The van der Waals surface area contributed by atoms with Gasteiger partial charge < -0.3 is 15.4 Å². The first-order valence-corrected chi connectivity index (χ1v) is 10.3. The summed E-state index contributed by atoms with van der Waals surface area (Å²) < 4.78 is 4.99. The van der Waals surface area contributed by atoms with Crippen LogP contribution in [0.3, 0.4) is 0 Å². The smallest absolute Gasteiger partial charge is 0.316 e. The van der Waals surface area contributed by atoms with Gasteiger partial charge in [0.15, 0.2) is 6.61 Å². The molecule has 0 aliphatic heterocycles. The highest BCUT2D eigenvalue weighted by Crippen LogP contribution is 2.33. The summed E-state index contributed by atoms with van der Waals surface area (Å²) in [6, 6.07) is 10.7. The first-order valence-electron chi connectivity index (χ1n) is 8.95. The molecule has 0 saturated heterocycles. The van der Waals surface area contributed by atoms with Crippen LogP contribution in [-0.4, -0.2) is 42.7 Å². The van der Waals surface area contributed by atoms with Crippen LogP contribution in [0.5, 0.6) is 0 Å². The van der Waals surface area contributed by atoms with E-state index < -0.39 is 24.5 Å². The third kappa shape index (κ3) is 6.42. The molecule has 8 heteroatoms. The van der Waals surface area contributed by atoms with Gasteiger partial charge in [-0.15, -0.1) is 11.8 Å². The second-order valence-electron chi connectivity index (χ2n) is 6.12. The van der Waals surface area contributed by atoms with Crippen molar-refractivity contribution < 1.29 is 19.1 Å². The lowest BCUT2D eigenvalue weighted by molar-refractivity contribution is -0.146. The highest BCUT2D eigenvalue weighted by atomic mass is 35.5. The van der Waals surface area contributed by atoms with E-state index in [-0.39, 0.29) is 11.7 Å². The minimum Gasteiger partial charge on any atom is -0.455 e. The van der Waals surface area contributed by atoms with Gasteiger partial charge in [0.05, 0.1) is 5.75 Å². The van der Waals surface area contributed by atoms with E-state index in [1.165, 1.54) is 11.8 Å². The van der Waals surface area contributed by atoms with Gasteiger partial charge in [0.1, 0.15) is 6.04 Å². The Morgan fingerprint density at radius 1 is 1.18 bits per heavy atom. The van der Waals surface area contributed by atoms with Crippen molar-refractivity contribution in [2.45, 2.75) is 31.2 Å². The van der Waals surface area contributed by atoms with E-state index in [1.807, 2.05) is 37.3 Å². The number of carbonyl (C=O) groups excluding carboxylic acids is 3. The predicted molar refractivity (Wildman–Crippen MR) is 112 cm³/mol. The van der Waals surface area contributed by atoms with Gasteiger partial charge in [-0.3, -0.25) is 14.4 Å². The number of ether oxygens (including phenoxy) is 1. The van der Waals surface area contributed by atoms with E-state index >= 15 is 0 Å². The van der Waals surface area contributed by atoms with E-state index in [9.17, 15) is 14.4 Å². The number of rotatable bonds is 9. The number of esters is 1. The first kappa shape index (κ1) is 22.0. The molecule has 2 N–H and O–H groups in total. The van der Waals surface area contributed by atoms with Crippen molar-refractivity contribution in [2.75, 3.05) is 18.9 Å². The van der Waals surface area contributed by atoms with Gasteiger partial charge >= 0.3 is 5.97 Å². The Morgan fingerprint density at radius 2 is 1.89 bits per heavy atom. The van der Waals surface area contributed by atoms with Gasteiger partial charge in [-0.2, -0.15) is 0 Å². The topological polar surface area (TPSA) is 84.5 Å². The lowest BCUT2D eigenvalue weighted by Gasteiger charge is -2.14. The summed E-state index contributed by atoms with van der Waals surface area (Å²) in [7, 11) is 0. The van der Waals surface area contributed by atoms with Crippen LogP contribution in [0, 0.1) is 0 Å². The standard InChI is InChI=1S/C20H23ClN2O4S/c1-3-10-22-20(26)13(2)23-17(24)11-27-18(25)12-28-16-9-5-7-14-6-4-8-15(21)19(14)16/h4-9,13H,3,10-12H2,1-2H3,(H,22,26)(H,23,24)/t13-/m1/s1. The number of hydrogen-bond acceptors (Lipinski definition) is 5. The molecule has 2 aromatic carbocycles. The molecule has 0 fully saturated rings. The van der Waals surface area contributed by atoms with Gasteiger partial charge in [0.25, 0.3) is 5.91 Å². The maximum Gasteiger partial charge on any atom is 0.316 e. The Balaban J connectivity index is 1.80. The molecule has 0 spiro atoms. The third-order valence-electron chi connectivity index (χ3n) is 3.85. The zero-order chi connectivity index (χ0) is 20.5. The van der Waals surface area contributed by atoms with Crippen molar-refractivity contribution in [1.29, 1.82) is 0 Å². The summed E-state index contributed by atoms with van der Waals surface area (Å²) in [6.07, 6.45) is 0.809. The lowest BCUT2D eigenvalue weighted by Crippen LogP contribution is -2.46. The van der Waals surface area contributed by atoms with Gasteiger partial charge in [0, 0.05) is 21.8 Å². The highest BCUT2D eigenvalue weighted by Gasteiger charge is 2.16. The molecule has 0 bridgehead atoms. The molecule has 2 rings (SSSR count). The molecule has 0 aliphatic rings. The minimum atomic E-state index is -0.690. The fourth-order valence-corrected chi connectivity index (χ4v) is 3.70. The molecule has 0 saturated carbocycles. The largest absolute Gasteiger partial charge is 0.455 e. The van der Waals surface area contributed by atoms with E-state index in [1.54, 1.807) is 13.0 Å². The van der Waals surface area contributed by atoms with Crippen molar-refractivity contribution in [1.82, 2.24) is 10.6 Å². The summed E-state index contributed by atoms with van der Waals surface area (Å²) in [5, 5.41) is 7.67. The number of hydrogen-bond donors (Lipinski definition) is 2. The van der Waals surface area contributed by atoms with Gasteiger partial charge in [-0.05, 0) is 30.9 Å². The molecule has 28 heavy (non-hydrogen) atoms. The van der Waals surface area contributed by atoms with E-state index in [2.05, 4.69) is 10.6 Å². The maximum atomic E-state index is 12.0. The number of benzene rings is 2. The van der Waals surface area contributed by atoms with Gasteiger partial charge in [-0.1, -0.05) is 42.8 Å².